The Morgan fingerprint density at radius 2 is 1.14 bits per heavy atom. The van der Waals surface area contributed by atoms with Gasteiger partial charge in [0.1, 0.15) is 18.3 Å². The normalized spacial score (nSPS) is 21.3. The highest BCUT2D eigenvalue weighted by atomic mass is 16.6. The molecule has 1 fully saturated rings. The zero-order valence-corrected chi connectivity index (χ0v) is 24.4. The first-order chi connectivity index (χ1) is 21.1. The Kier molecular flexibility index (Phi) is 11.1. The van der Waals surface area contributed by atoms with Crippen LogP contribution in [-0.4, -0.2) is 54.2 Å². The molecule has 5 rings (SSSR count). The van der Waals surface area contributed by atoms with Crippen LogP contribution in [0.1, 0.15) is 34.6 Å². The average molecular weight is 582 g/mol. The summed E-state index contributed by atoms with van der Waals surface area (Å²) in [5, 5.41) is 13.0. The fourth-order valence-electron chi connectivity index (χ4n) is 5.68. The first-order valence-electron chi connectivity index (χ1n) is 14.7. The van der Waals surface area contributed by atoms with Crippen molar-refractivity contribution in [2.45, 2.75) is 56.5 Å². The van der Waals surface area contributed by atoms with Crippen LogP contribution in [0.2, 0.25) is 0 Å². The van der Waals surface area contributed by atoms with Crippen molar-refractivity contribution < 1.29 is 28.9 Å². The fraction of sp³-hybridized carbons (Fsp3) is 0.306. The van der Waals surface area contributed by atoms with E-state index in [1.807, 2.05) is 121 Å². The Balaban J connectivity index is 1.51. The van der Waals surface area contributed by atoms with E-state index in [-0.39, 0.29) is 18.9 Å². The Hall–Kier alpha value is -3.85. The molecule has 0 unspecified atom stereocenters. The second-order valence-electron chi connectivity index (χ2n) is 10.8. The van der Waals surface area contributed by atoms with Crippen molar-refractivity contribution in [3.63, 3.8) is 0 Å². The lowest BCUT2D eigenvalue weighted by atomic mass is 9.80. The van der Waals surface area contributed by atoms with Gasteiger partial charge in [0.25, 0.3) is 0 Å². The lowest BCUT2D eigenvalue weighted by Crippen LogP contribution is -2.64. The Labute approximate surface area is 253 Å². The molecule has 7 nitrogen and oxygen atoms in total. The molecule has 0 aromatic heterocycles. The maximum absolute atomic E-state index is 12.7. The van der Waals surface area contributed by atoms with Crippen LogP contribution < -0.4 is 0 Å². The third-order valence-corrected chi connectivity index (χ3v) is 7.87. The number of ether oxygens (including phenoxy) is 4. The monoisotopic (exact) mass is 581 g/mol. The number of carbonyl (C=O) groups excluding carboxylic acids is 1. The summed E-state index contributed by atoms with van der Waals surface area (Å²) >= 11 is 0. The lowest BCUT2D eigenvalue weighted by molar-refractivity contribution is -0.270. The molecule has 1 N–H and O–H groups in total. The molecule has 0 bridgehead atoms. The van der Waals surface area contributed by atoms with E-state index in [2.05, 4.69) is 0 Å². The zero-order valence-electron chi connectivity index (χ0n) is 24.4. The van der Waals surface area contributed by atoms with Crippen LogP contribution in [0.3, 0.4) is 0 Å². The number of rotatable bonds is 13. The molecule has 4 aromatic carbocycles. The predicted octanol–water partition coefficient (Wildman–Crippen LogP) is 6.16. The molecular weight excluding hydrogens is 542 g/mol. The van der Waals surface area contributed by atoms with Gasteiger partial charge >= 0.3 is 5.97 Å². The van der Waals surface area contributed by atoms with Crippen molar-refractivity contribution in [2.75, 3.05) is 13.7 Å². The number of hydroxylamine groups is 2. The van der Waals surface area contributed by atoms with Gasteiger partial charge in [0.15, 0.2) is 0 Å². The van der Waals surface area contributed by atoms with Crippen molar-refractivity contribution in [3.8, 4) is 0 Å². The molecule has 0 amide bonds. The highest BCUT2D eigenvalue weighted by Gasteiger charge is 2.49. The number of hydrogen-bond donors (Lipinski definition) is 1. The molecule has 43 heavy (non-hydrogen) atoms. The van der Waals surface area contributed by atoms with Crippen LogP contribution in [0.25, 0.3) is 0 Å². The Morgan fingerprint density at radius 3 is 1.63 bits per heavy atom. The Morgan fingerprint density at radius 1 is 0.698 bits per heavy atom. The summed E-state index contributed by atoms with van der Waals surface area (Å²) in [6, 6.07) is 38.9. The van der Waals surface area contributed by atoms with E-state index in [0.717, 1.165) is 22.3 Å². The summed E-state index contributed by atoms with van der Waals surface area (Å²) in [5.74, 6) is -0.800. The van der Waals surface area contributed by atoms with Gasteiger partial charge in [-0.15, -0.1) is 0 Å². The number of piperidine rings is 1. The van der Waals surface area contributed by atoms with E-state index >= 15 is 0 Å². The fourth-order valence-corrected chi connectivity index (χ4v) is 5.68. The molecule has 0 aliphatic carbocycles. The van der Waals surface area contributed by atoms with Crippen molar-refractivity contribution in [1.29, 1.82) is 0 Å². The summed E-state index contributed by atoms with van der Waals surface area (Å²) in [7, 11) is 1.38. The zero-order chi connectivity index (χ0) is 29.9. The highest BCUT2D eigenvalue weighted by Crippen LogP contribution is 2.37. The van der Waals surface area contributed by atoms with E-state index in [0.29, 0.717) is 19.8 Å². The predicted molar refractivity (Wildman–Crippen MR) is 163 cm³/mol. The minimum atomic E-state index is -0.654. The molecular formula is C36H39NO6. The number of benzene rings is 4. The van der Waals surface area contributed by atoms with E-state index < -0.39 is 30.3 Å². The summed E-state index contributed by atoms with van der Waals surface area (Å²) < 4.78 is 24.9. The molecule has 1 aliphatic heterocycles. The molecule has 5 atom stereocenters. The van der Waals surface area contributed by atoms with E-state index in [9.17, 15) is 10.0 Å². The molecule has 0 saturated carbocycles. The van der Waals surface area contributed by atoms with Crippen LogP contribution in [0, 0.1) is 0 Å². The maximum Gasteiger partial charge on any atom is 0.306 e. The minimum absolute atomic E-state index is 0.0639. The third-order valence-electron chi connectivity index (χ3n) is 7.87. The number of nitrogens with zero attached hydrogens (tertiary/aromatic N) is 1. The number of carbonyl (C=O) groups is 1. The number of esters is 1. The molecule has 0 spiro atoms. The highest BCUT2D eigenvalue weighted by molar-refractivity contribution is 5.70. The van der Waals surface area contributed by atoms with Gasteiger partial charge in [-0.3, -0.25) is 4.79 Å². The second kappa shape index (κ2) is 15.6. The quantitative estimate of drug-likeness (QED) is 0.190. The lowest BCUT2D eigenvalue weighted by Gasteiger charge is -2.48. The smallest absolute Gasteiger partial charge is 0.306 e. The van der Waals surface area contributed by atoms with Crippen molar-refractivity contribution in [1.82, 2.24) is 5.06 Å². The topological polar surface area (TPSA) is 77.5 Å². The van der Waals surface area contributed by atoms with Gasteiger partial charge in [-0.2, -0.15) is 5.06 Å². The van der Waals surface area contributed by atoms with E-state index in [1.54, 1.807) is 0 Å². The van der Waals surface area contributed by atoms with Gasteiger partial charge in [-0.05, 0) is 22.3 Å². The molecule has 7 heteroatoms. The van der Waals surface area contributed by atoms with Gasteiger partial charge in [-0.25, -0.2) is 0 Å². The van der Waals surface area contributed by atoms with Crippen LogP contribution in [0.4, 0.5) is 0 Å². The number of hydrogen-bond acceptors (Lipinski definition) is 7. The summed E-state index contributed by atoms with van der Waals surface area (Å²) in [6.07, 6.45) is -1.65. The molecule has 4 aromatic rings. The third kappa shape index (κ3) is 8.38. The van der Waals surface area contributed by atoms with E-state index in [1.165, 1.54) is 12.2 Å². The maximum atomic E-state index is 12.7. The summed E-state index contributed by atoms with van der Waals surface area (Å²) in [4.78, 5) is 12.7. The molecule has 0 radical (unpaired) electrons. The summed E-state index contributed by atoms with van der Waals surface area (Å²) in [5.41, 5.74) is 3.92. The molecule has 224 valence electrons. The number of methoxy groups -OCH3 is 1. The van der Waals surface area contributed by atoms with Gasteiger partial charge in [0, 0.05) is 5.92 Å². The van der Waals surface area contributed by atoms with Crippen LogP contribution in [-0.2, 0) is 43.6 Å². The van der Waals surface area contributed by atoms with Gasteiger partial charge < -0.3 is 24.2 Å². The van der Waals surface area contributed by atoms with Crippen molar-refractivity contribution in [3.05, 3.63) is 144 Å². The largest absolute Gasteiger partial charge is 0.469 e. The van der Waals surface area contributed by atoms with Crippen LogP contribution in [0.5, 0.6) is 0 Å². The minimum Gasteiger partial charge on any atom is -0.469 e. The average Bonchev–Trinajstić information content (AvgIpc) is 3.06. The van der Waals surface area contributed by atoms with Crippen molar-refractivity contribution >= 4 is 5.97 Å². The molecule has 1 heterocycles. The standard InChI is InChI=1S/C36H39NO6/c1-40-33(38)22-31(30-20-12-5-13-21-30)34-36(43-26-29-18-10-4-11-19-29)35(42-25-28-16-8-3-9-17-28)32(23-37(34)39)41-24-27-14-6-2-7-15-27/h2-21,31-32,34-36,39H,22-26H2,1H3/t31-,32+,34+,35+,36+/m0/s1. The van der Waals surface area contributed by atoms with Gasteiger partial charge in [-0.1, -0.05) is 121 Å². The SMILES string of the molecule is COC(=O)C[C@@H](c1ccccc1)[C@@H]1[C@@H](OCc2ccccc2)[C@H](OCc2ccccc2)[C@H](OCc2ccccc2)CN1O. The van der Waals surface area contributed by atoms with Gasteiger partial charge in [0.2, 0.25) is 0 Å². The van der Waals surface area contributed by atoms with Crippen LogP contribution in [0.15, 0.2) is 121 Å². The van der Waals surface area contributed by atoms with Crippen LogP contribution >= 0.6 is 0 Å². The molecule has 1 saturated heterocycles. The summed E-state index contributed by atoms with van der Waals surface area (Å²) in [6.45, 7) is 1.16. The van der Waals surface area contributed by atoms with Gasteiger partial charge in [0.05, 0.1) is 45.9 Å². The first kappa shape index (κ1) is 30.6. The molecule has 1 aliphatic rings. The van der Waals surface area contributed by atoms with E-state index in [4.69, 9.17) is 18.9 Å². The Bertz CT molecular complexity index is 1370. The second-order valence-corrected chi connectivity index (χ2v) is 10.8. The first-order valence-corrected chi connectivity index (χ1v) is 14.7. The van der Waals surface area contributed by atoms with Crippen molar-refractivity contribution in [2.24, 2.45) is 0 Å².